The molecule has 0 spiro atoms. The number of esters is 1. The summed E-state index contributed by atoms with van der Waals surface area (Å²) in [5, 5.41) is 12.7. The van der Waals surface area contributed by atoms with Crippen molar-refractivity contribution in [2.75, 3.05) is 11.9 Å². The summed E-state index contributed by atoms with van der Waals surface area (Å²) >= 11 is 5.70. The number of phenolic OH excluding ortho intramolecular Hbond substituents is 1. The predicted molar refractivity (Wildman–Crippen MR) is 97.7 cm³/mol. The van der Waals surface area contributed by atoms with Crippen molar-refractivity contribution in [3.05, 3.63) is 58.6 Å². The molecule has 0 atom stereocenters. The molecule has 0 heterocycles. The third-order valence-corrected chi connectivity index (χ3v) is 3.72. The molecule has 2 N–H and O–H groups in total. The molecular formula is C19H18ClNO5. The van der Waals surface area contributed by atoms with E-state index >= 15 is 0 Å². The summed E-state index contributed by atoms with van der Waals surface area (Å²) in [4.78, 5) is 35.6. The minimum absolute atomic E-state index is 0.0730. The van der Waals surface area contributed by atoms with E-state index in [0.717, 1.165) is 6.42 Å². The van der Waals surface area contributed by atoms with Crippen LogP contribution in [0.1, 0.15) is 40.5 Å². The van der Waals surface area contributed by atoms with Crippen molar-refractivity contribution < 1.29 is 24.2 Å². The van der Waals surface area contributed by atoms with Crippen molar-refractivity contribution in [1.29, 1.82) is 0 Å². The first-order valence-corrected chi connectivity index (χ1v) is 8.37. The number of rotatable bonds is 7. The number of hydrogen-bond acceptors (Lipinski definition) is 5. The van der Waals surface area contributed by atoms with E-state index in [1.165, 1.54) is 30.3 Å². The Balaban J connectivity index is 1.93. The Morgan fingerprint density at radius 1 is 1.12 bits per heavy atom. The van der Waals surface area contributed by atoms with E-state index in [4.69, 9.17) is 16.3 Å². The molecule has 0 fully saturated rings. The summed E-state index contributed by atoms with van der Waals surface area (Å²) in [6.45, 7) is 1.44. The van der Waals surface area contributed by atoms with Crippen LogP contribution in [0.15, 0.2) is 42.5 Å². The normalized spacial score (nSPS) is 10.2. The molecule has 0 unspecified atom stereocenters. The Morgan fingerprint density at radius 3 is 2.42 bits per heavy atom. The molecule has 0 radical (unpaired) electrons. The largest absolute Gasteiger partial charge is 0.507 e. The highest BCUT2D eigenvalue weighted by Crippen LogP contribution is 2.22. The van der Waals surface area contributed by atoms with Gasteiger partial charge in [0.05, 0.1) is 0 Å². The van der Waals surface area contributed by atoms with Crippen LogP contribution in [0, 0.1) is 0 Å². The molecule has 136 valence electrons. The van der Waals surface area contributed by atoms with Gasteiger partial charge < -0.3 is 15.2 Å². The van der Waals surface area contributed by atoms with E-state index in [9.17, 15) is 19.5 Å². The molecule has 0 saturated heterocycles. The van der Waals surface area contributed by atoms with E-state index in [1.54, 1.807) is 12.1 Å². The second kappa shape index (κ2) is 9.01. The average molecular weight is 376 g/mol. The quantitative estimate of drug-likeness (QED) is 0.566. The van der Waals surface area contributed by atoms with E-state index in [2.05, 4.69) is 5.32 Å². The molecular weight excluding hydrogens is 358 g/mol. The predicted octanol–water partition coefficient (Wildman–Crippen LogP) is 3.82. The summed E-state index contributed by atoms with van der Waals surface area (Å²) in [6, 6.07) is 10.3. The topological polar surface area (TPSA) is 92.7 Å². The highest BCUT2D eigenvalue weighted by molar-refractivity contribution is 6.30. The SMILES string of the molecule is CCCC(=O)Nc1ccc(C(=O)COC(=O)c2ccc(Cl)cc2O)cc1. The fourth-order valence-electron chi connectivity index (χ4n) is 2.16. The monoisotopic (exact) mass is 375 g/mol. The minimum atomic E-state index is -0.823. The Bertz CT molecular complexity index is 817. The Kier molecular flexibility index (Phi) is 6.74. The van der Waals surface area contributed by atoms with Crippen LogP contribution in [0.3, 0.4) is 0 Å². The lowest BCUT2D eigenvalue weighted by Crippen LogP contribution is -2.15. The van der Waals surface area contributed by atoms with E-state index in [-0.39, 0.29) is 22.2 Å². The standard InChI is InChI=1S/C19H18ClNO5/c1-2-3-18(24)21-14-7-4-12(5-8-14)17(23)11-26-19(25)15-9-6-13(20)10-16(15)22/h4-10,22H,2-3,11H2,1H3,(H,21,24). The molecule has 0 aliphatic carbocycles. The molecule has 0 bridgehead atoms. The summed E-state index contributed by atoms with van der Waals surface area (Å²) in [5.41, 5.74) is 0.853. The van der Waals surface area contributed by atoms with Gasteiger partial charge in [-0.25, -0.2) is 4.79 Å². The molecule has 0 aliphatic heterocycles. The number of nitrogens with one attached hydrogen (secondary N) is 1. The maximum absolute atomic E-state index is 12.1. The van der Waals surface area contributed by atoms with Crippen molar-refractivity contribution >= 4 is 34.9 Å². The van der Waals surface area contributed by atoms with Crippen molar-refractivity contribution in [3.63, 3.8) is 0 Å². The molecule has 7 heteroatoms. The zero-order chi connectivity index (χ0) is 19.1. The highest BCUT2D eigenvalue weighted by Gasteiger charge is 2.15. The van der Waals surface area contributed by atoms with Gasteiger partial charge in [0.1, 0.15) is 11.3 Å². The van der Waals surface area contributed by atoms with E-state index in [0.29, 0.717) is 17.7 Å². The third-order valence-electron chi connectivity index (χ3n) is 3.48. The van der Waals surface area contributed by atoms with Gasteiger partial charge in [-0.2, -0.15) is 0 Å². The van der Waals surface area contributed by atoms with Gasteiger partial charge in [-0.3, -0.25) is 9.59 Å². The second-order valence-corrected chi connectivity index (χ2v) is 5.97. The van der Waals surface area contributed by atoms with Gasteiger partial charge in [-0.1, -0.05) is 18.5 Å². The highest BCUT2D eigenvalue weighted by atomic mass is 35.5. The number of hydrogen-bond donors (Lipinski definition) is 2. The number of Topliss-reactive ketones (excluding diaryl/α,β-unsaturated/α-hetero) is 1. The van der Waals surface area contributed by atoms with Crippen LogP contribution in [0.25, 0.3) is 0 Å². The van der Waals surface area contributed by atoms with Crippen molar-refractivity contribution in [2.24, 2.45) is 0 Å². The van der Waals surface area contributed by atoms with Gasteiger partial charge in [-0.05, 0) is 48.9 Å². The van der Waals surface area contributed by atoms with Crippen LogP contribution in [0.4, 0.5) is 5.69 Å². The number of aromatic hydroxyl groups is 1. The van der Waals surface area contributed by atoms with Gasteiger partial charge in [0.2, 0.25) is 5.91 Å². The first-order valence-electron chi connectivity index (χ1n) is 7.99. The number of ether oxygens (including phenoxy) is 1. The number of amides is 1. The summed E-state index contributed by atoms with van der Waals surface area (Å²) in [6.07, 6.45) is 1.17. The molecule has 0 aromatic heterocycles. The molecule has 0 saturated carbocycles. The Hall–Kier alpha value is -2.86. The number of halogens is 1. The van der Waals surface area contributed by atoms with Gasteiger partial charge >= 0.3 is 5.97 Å². The maximum Gasteiger partial charge on any atom is 0.342 e. The van der Waals surface area contributed by atoms with Gasteiger partial charge in [0, 0.05) is 22.7 Å². The Morgan fingerprint density at radius 2 is 1.81 bits per heavy atom. The summed E-state index contributed by atoms with van der Waals surface area (Å²) in [7, 11) is 0. The summed E-state index contributed by atoms with van der Waals surface area (Å²) in [5.74, 6) is -1.64. The number of benzene rings is 2. The average Bonchev–Trinajstić information content (AvgIpc) is 2.60. The number of carbonyl (C=O) groups excluding carboxylic acids is 3. The number of anilines is 1. The third kappa shape index (κ3) is 5.32. The molecule has 0 aliphatic rings. The van der Waals surface area contributed by atoms with Crippen molar-refractivity contribution in [2.45, 2.75) is 19.8 Å². The van der Waals surface area contributed by atoms with Crippen molar-refractivity contribution in [1.82, 2.24) is 0 Å². The van der Waals surface area contributed by atoms with Gasteiger partial charge in [-0.15, -0.1) is 0 Å². The van der Waals surface area contributed by atoms with Crippen LogP contribution in [-0.2, 0) is 9.53 Å². The lowest BCUT2D eigenvalue weighted by Gasteiger charge is -2.07. The molecule has 2 aromatic rings. The zero-order valence-corrected chi connectivity index (χ0v) is 14.9. The van der Waals surface area contributed by atoms with Crippen molar-refractivity contribution in [3.8, 4) is 5.75 Å². The first kappa shape index (κ1) is 19.5. The molecule has 26 heavy (non-hydrogen) atoms. The van der Waals surface area contributed by atoms with Crippen LogP contribution in [0.5, 0.6) is 5.75 Å². The fourth-order valence-corrected chi connectivity index (χ4v) is 2.33. The number of phenols is 1. The molecule has 1 amide bonds. The number of carbonyl (C=O) groups is 3. The summed E-state index contributed by atoms with van der Waals surface area (Å²) < 4.78 is 4.93. The fraction of sp³-hybridized carbons (Fsp3) is 0.211. The maximum atomic E-state index is 12.1. The first-order chi connectivity index (χ1) is 12.4. The van der Waals surface area contributed by atoms with E-state index in [1.807, 2.05) is 6.92 Å². The van der Waals surface area contributed by atoms with Gasteiger partial charge in [0.25, 0.3) is 0 Å². The van der Waals surface area contributed by atoms with Crippen LogP contribution < -0.4 is 5.32 Å². The Labute approximate surface area is 155 Å². The van der Waals surface area contributed by atoms with Crippen LogP contribution >= 0.6 is 11.6 Å². The second-order valence-electron chi connectivity index (χ2n) is 5.54. The van der Waals surface area contributed by atoms with Crippen LogP contribution in [0.2, 0.25) is 5.02 Å². The molecule has 6 nitrogen and oxygen atoms in total. The lowest BCUT2D eigenvalue weighted by molar-refractivity contribution is -0.116. The lowest BCUT2D eigenvalue weighted by atomic mass is 10.1. The number of ketones is 1. The van der Waals surface area contributed by atoms with Gasteiger partial charge in [0.15, 0.2) is 12.4 Å². The smallest absolute Gasteiger partial charge is 0.342 e. The van der Waals surface area contributed by atoms with Crippen LogP contribution in [-0.4, -0.2) is 29.4 Å². The minimum Gasteiger partial charge on any atom is -0.507 e. The molecule has 2 rings (SSSR count). The molecule has 2 aromatic carbocycles. The van der Waals surface area contributed by atoms with E-state index < -0.39 is 18.4 Å². The zero-order valence-electron chi connectivity index (χ0n) is 14.1.